The number of rotatable bonds is 4. The molecular weight excluding hydrogens is 386 g/mol. The number of fused-ring (bicyclic) bond motifs is 4. The fourth-order valence-corrected chi connectivity index (χ4v) is 5.11. The molecule has 150 valence electrons. The zero-order valence-electron chi connectivity index (χ0n) is 15.8. The Bertz CT molecular complexity index is 889. The van der Waals surface area contributed by atoms with Crippen LogP contribution in [-0.4, -0.2) is 60.1 Å². The first-order valence-corrected chi connectivity index (χ1v) is 9.53. The summed E-state index contributed by atoms with van der Waals surface area (Å²) in [5.74, 6) is -3.07. The van der Waals surface area contributed by atoms with Gasteiger partial charge in [-0.05, 0) is 31.5 Å². The monoisotopic (exact) mass is 407 g/mol. The minimum absolute atomic E-state index is 0.104. The number of aliphatic hydroxyl groups excluding tert-OH is 1. The topological polar surface area (TPSA) is 108 Å². The number of carbonyl (C=O) groups excluding carboxylic acids is 3. The Balaban J connectivity index is 1.89. The van der Waals surface area contributed by atoms with Gasteiger partial charge in [0.15, 0.2) is 0 Å². The van der Waals surface area contributed by atoms with Crippen molar-refractivity contribution in [1.29, 1.82) is 0 Å². The number of anilines is 1. The summed E-state index contributed by atoms with van der Waals surface area (Å²) in [6.07, 6.45) is -0.942. The fraction of sp³-hybridized carbons (Fsp3) is 0.526. The molecule has 1 spiro atoms. The van der Waals surface area contributed by atoms with E-state index in [4.69, 9.17) is 16.3 Å². The van der Waals surface area contributed by atoms with Crippen molar-refractivity contribution in [2.24, 2.45) is 11.8 Å². The van der Waals surface area contributed by atoms with Gasteiger partial charge >= 0.3 is 0 Å². The summed E-state index contributed by atoms with van der Waals surface area (Å²) in [5.41, 5.74) is 0.434. The third-order valence-corrected chi connectivity index (χ3v) is 6.27. The smallest absolute Gasteiger partial charge is 0.250 e. The van der Waals surface area contributed by atoms with Crippen LogP contribution in [0.15, 0.2) is 12.1 Å². The number of imide groups is 1. The van der Waals surface area contributed by atoms with Gasteiger partial charge in [-0.1, -0.05) is 11.6 Å². The van der Waals surface area contributed by atoms with E-state index >= 15 is 0 Å². The largest absolute Gasteiger partial charge is 0.392 e. The van der Waals surface area contributed by atoms with Crippen molar-refractivity contribution < 1.29 is 24.2 Å². The highest BCUT2D eigenvalue weighted by Crippen LogP contribution is 2.54. The van der Waals surface area contributed by atoms with E-state index in [9.17, 15) is 19.5 Å². The van der Waals surface area contributed by atoms with Crippen molar-refractivity contribution in [2.75, 3.05) is 25.6 Å². The lowest BCUT2D eigenvalue weighted by Gasteiger charge is -2.30. The minimum atomic E-state index is -1.45. The summed E-state index contributed by atoms with van der Waals surface area (Å²) < 4.78 is 5.01. The minimum Gasteiger partial charge on any atom is -0.392 e. The molecule has 0 saturated carbocycles. The number of ether oxygens (including phenoxy) is 1. The maximum atomic E-state index is 13.3. The Hall–Kier alpha value is -2.00. The van der Waals surface area contributed by atoms with E-state index in [2.05, 4.69) is 10.6 Å². The third-order valence-electron chi connectivity index (χ3n) is 6.05. The summed E-state index contributed by atoms with van der Waals surface area (Å²) in [6.45, 7) is 3.66. The predicted octanol–water partition coefficient (Wildman–Crippen LogP) is 0.396. The molecule has 3 aliphatic rings. The average molecular weight is 408 g/mol. The second-order valence-corrected chi connectivity index (χ2v) is 8.08. The van der Waals surface area contributed by atoms with Gasteiger partial charge in [0.1, 0.15) is 5.54 Å². The van der Waals surface area contributed by atoms with Gasteiger partial charge in [0.05, 0.1) is 31.1 Å². The van der Waals surface area contributed by atoms with Gasteiger partial charge in [-0.25, -0.2) is 0 Å². The molecule has 0 radical (unpaired) electrons. The Morgan fingerprint density at radius 2 is 2.04 bits per heavy atom. The van der Waals surface area contributed by atoms with Crippen molar-refractivity contribution in [3.63, 3.8) is 0 Å². The van der Waals surface area contributed by atoms with E-state index in [0.29, 0.717) is 16.3 Å². The van der Waals surface area contributed by atoms with Crippen LogP contribution in [0.5, 0.6) is 0 Å². The van der Waals surface area contributed by atoms with Crippen LogP contribution < -0.4 is 10.6 Å². The molecule has 9 heteroatoms. The zero-order chi connectivity index (χ0) is 20.4. The summed E-state index contributed by atoms with van der Waals surface area (Å²) in [4.78, 5) is 40.7. The first kappa shape index (κ1) is 19.3. The van der Waals surface area contributed by atoms with E-state index in [0.717, 1.165) is 10.5 Å². The van der Waals surface area contributed by atoms with Crippen LogP contribution in [0.2, 0.25) is 5.02 Å². The van der Waals surface area contributed by atoms with Gasteiger partial charge in [0.25, 0.3) is 0 Å². The molecule has 3 amide bonds. The van der Waals surface area contributed by atoms with Crippen molar-refractivity contribution in [1.82, 2.24) is 10.2 Å². The molecule has 5 atom stereocenters. The molecule has 0 aliphatic carbocycles. The fourth-order valence-electron chi connectivity index (χ4n) is 4.84. The number of amides is 3. The molecule has 4 rings (SSSR count). The maximum Gasteiger partial charge on any atom is 0.250 e. The summed E-state index contributed by atoms with van der Waals surface area (Å²) in [5, 5.41) is 16.7. The number of aryl methyl sites for hydroxylation is 1. The highest BCUT2D eigenvalue weighted by atomic mass is 35.5. The average Bonchev–Trinajstić information content (AvgIpc) is 3.21. The van der Waals surface area contributed by atoms with Crippen LogP contribution in [0.4, 0.5) is 5.69 Å². The van der Waals surface area contributed by atoms with Crippen molar-refractivity contribution in [2.45, 2.75) is 31.5 Å². The maximum absolute atomic E-state index is 13.3. The molecule has 3 heterocycles. The molecule has 28 heavy (non-hydrogen) atoms. The number of aliphatic hydroxyl groups is 1. The number of hydrogen-bond acceptors (Lipinski definition) is 6. The number of hydrogen-bond donors (Lipinski definition) is 3. The second-order valence-electron chi connectivity index (χ2n) is 7.64. The Kier molecular flexibility index (Phi) is 4.50. The van der Waals surface area contributed by atoms with Gasteiger partial charge in [-0.15, -0.1) is 0 Å². The van der Waals surface area contributed by atoms with E-state index in [1.807, 2.05) is 6.92 Å². The molecule has 1 aromatic rings. The normalized spacial score (nSPS) is 32.1. The van der Waals surface area contributed by atoms with Gasteiger partial charge in [-0.2, -0.15) is 0 Å². The van der Waals surface area contributed by atoms with E-state index in [1.54, 1.807) is 19.1 Å². The van der Waals surface area contributed by atoms with E-state index in [-0.39, 0.29) is 13.2 Å². The van der Waals surface area contributed by atoms with Crippen molar-refractivity contribution in [3.05, 3.63) is 28.3 Å². The van der Waals surface area contributed by atoms with Crippen LogP contribution in [-0.2, 0) is 24.7 Å². The van der Waals surface area contributed by atoms with Crippen LogP contribution >= 0.6 is 11.6 Å². The van der Waals surface area contributed by atoms with E-state index in [1.165, 1.54) is 7.11 Å². The lowest BCUT2D eigenvalue weighted by molar-refractivity contribution is -0.143. The molecule has 1 aromatic carbocycles. The van der Waals surface area contributed by atoms with Gasteiger partial charge in [0.2, 0.25) is 17.7 Å². The molecule has 8 nitrogen and oxygen atoms in total. The number of carbonyl (C=O) groups is 3. The SMILES string of the molecule is COCCN1C(=O)C2C(C(C)O)NC3(C(=O)Nc4c(C)cc(Cl)cc43)C2C1=O. The van der Waals surface area contributed by atoms with Crippen LogP contribution in [0.25, 0.3) is 0 Å². The molecule has 0 aromatic heterocycles. The predicted molar refractivity (Wildman–Crippen MR) is 101 cm³/mol. The number of likely N-dealkylation sites (tertiary alicyclic amines) is 1. The van der Waals surface area contributed by atoms with Crippen molar-refractivity contribution >= 4 is 35.0 Å². The molecule has 5 unspecified atom stereocenters. The summed E-state index contributed by atoms with van der Waals surface area (Å²) >= 11 is 6.25. The molecule has 3 aliphatic heterocycles. The molecule has 2 fully saturated rings. The number of benzene rings is 1. The molecule has 3 N–H and O–H groups in total. The van der Waals surface area contributed by atoms with Crippen LogP contribution in [0.1, 0.15) is 18.1 Å². The Labute approximate surface area is 167 Å². The van der Waals surface area contributed by atoms with E-state index < -0.39 is 47.2 Å². The van der Waals surface area contributed by atoms with Crippen LogP contribution in [0, 0.1) is 18.8 Å². The second kappa shape index (κ2) is 6.52. The lowest BCUT2D eigenvalue weighted by atomic mass is 9.76. The molecule has 2 saturated heterocycles. The molecular formula is C19H22ClN3O5. The Morgan fingerprint density at radius 3 is 2.68 bits per heavy atom. The van der Waals surface area contributed by atoms with Crippen LogP contribution in [0.3, 0.4) is 0 Å². The summed E-state index contributed by atoms with van der Waals surface area (Å²) in [7, 11) is 1.49. The van der Waals surface area contributed by atoms with Gasteiger partial charge in [-0.3, -0.25) is 24.6 Å². The highest BCUT2D eigenvalue weighted by molar-refractivity contribution is 6.31. The molecule has 0 bridgehead atoms. The van der Waals surface area contributed by atoms with Gasteiger partial charge in [0, 0.05) is 29.4 Å². The number of halogens is 1. The standard InChI is InChI=1S/C19H22ClN3O5/c1-8-6-10(20)7-11-14(8)21-18(27)19(11)13-12(15(22-19)9(2)24)16(25)23(17(13)26)4-5-28-3/h6-7,9,12-13,15,22,24H,4-5H2,1-3H3,(H,21,27). The van der Waals surface area contributed by atoms with Crippen molar-refractivity contribution in [3.8, 4) is 0 Å². The third kappa shape index (κ3) is 2.38. The van der Waals surface area contributed by atoms with Gasteiger partial charge < -0.3 is 15.2 Å². The zero-order valence-corrected chi connectivity index (χ0v) is 16.5. The lowest BCUT2D eigenvalue weighted by Crippen LogP contribution is -2.55. The Morgan fingerprint density at radius 1 is 1.32 bits per heavy atom. The first-order valence-electron chi connectivity index (χ1n) is 9.16. The number of nitrogens with one attached hydrogen (secondary N) is 2. The number of nitrogens with zero attached hydrogens (tertiary/aromatic N) is 1. The highest BCUT2D eigenvalue weighted by Gasteiger charge is 2.71. The quantitative estimate of drug-likeness (QED) is 0.623. The first-order chi connectivity index (χ1) is 13.2. The summed E-state index contributed by atoms with van der Waals surface area (Å²) in [6, 6.07) is 2.63. The number of methoxy groups -OCH3 is 1.